The second-order valence-electron chi connectivity index (χ2n) is 5.57. The van der Waals surface area contributed by atoms with E-state index in [1.54, 1.807) is 13.0 Å². The Hall–Kier alpha value is -1.62. The fourth-order valence-electron chi connectivity index (χ4n) is 2.58. The Morgan fingerprint density at radius 2 is 2.15 bits per heavy atom. The molecule has 1 amide bonds. The van der Waals surface area contributed by atoms with Gasteiger partial charge in [-0.05, 0) is 58.5 Å². The fourth-order valence-corrected chi connectivity index (χ4v) is 2.58. The highest BCUT2D eigenvalue weighted by atomic mass is 19.1. The summed E-state index contributed by atoms with van der Waals surface area (Å²) >= 11 is 0. The molecule has 0 aliphatic carbocycles. The minimum atomic E-state index is -0.604. The number of nitrogens with zero attached hydrogens (tertiary/aromatic N) is 1. The Kier molecular flexibility index (Phi) is 4.60. The molecule has 1 aromatic rings. The number of carbonyl (C=O) groups is 1. The van der Waals surface area contributed by atoms with Crippen LogP contribution in [0.1, 0.15) is 35.2 Å². The van der Waals surface area contributed by atoms with Crippen LogP contribution in [0.5, 0.6) is 0 Å². The van der Waals surface area contributed by atoms with E-state index in [9.17, 15) is 9.18 Å². The molecule has 1 aliphatic rings. The highest BCUT2D eigenvalue weighted by Gasteiger charge is 2.17. The third kappa shape index (κ3) is 3.48. The number of rotatable bonds is 3. The normalized spacial score (nSPS) is 20.4. The van der Waals surface area contributed by atoms with Gasteiger partial charge in [0.2, 0.25) is 5.91 Å². The summed E-state index contributed by atoms with van der Waals surface area (Å²) in [6.07, 6.45) is 3.18. The summed E-state index contributed by atoms with van der Waals surface area (Å²) in [6.45, 7) is 3.83. The van der Waals surface area contributed by atoms with Gasteiger partial charge in [-0.1, -0.05) is 0 Å². The average Bonchev–Trinajstić information content (AvgIpc) is 2.59. The lowest BCUT2D eigenvalue weighted by atomic mass is 10.1. The van der Waals surface area contributed by atoms with Crippen molar-refractivity contribution in [2.45, 2.75) is 32.2 Å². The molecule has 4 nitrogen and oxygen atoms in total. The van der Waals surface area contributed by atoms with E-state index in [0.717, 1.165) is 32.4 Å². The van der Waals surface area contributed by atoms with Crippen LogP contribution in [0.25, 0.3) is 0 Å². The third-order valence-electron chi connectivity index (χ3n) is 3.94. The first kappa shape index (κ1) is 14.8. The number of amides is 1. The molecule has 5 heteroatoms. The molecule has 1 atom stereocenters. The monoisotopic (exact) mass is 279 g/mol. The molecule has 1 aliphatic heterocycles. The van der Waals surface area contributed by atoms with E-state index in [2.05, 4.69) is 17.3 Å². The molecule has 1 heterocycles. The number of halogens is 1. The molecule has 0 saturated carbocycles. The van der Waals surface area contributed by atoms with Crippen molar-refractivity contribution in [1.29, 1.82) is 0 Å². The van der Waals surface area contributed by atoms with Crippen LogP contribution >= 0.6 is 0 Å². The van der Waals surface area contributed by atoms with Crippen LogP contribution in [-0.2, 0) is 0 Å². The van der Waals surface area contributed by atoms with Gasteiger partial charge in [-0.2, -0.15) is 0 Å². The van der Waals surface area contributed by atoms with Crippen LogP contribution in [0.15, 0.2) is 12.1 Å². The van der Waals surface area contributed by atoms with Gasteiger partial charge in [0.1, 0.15) is 5.82 Å². The van der Waals surface area contributed by atoms with Crippen molar-refractivity contribution in [3.63, 3.8) is 0 Å². The predicted molar refractivity (Wildman–Crippen MR) is 78.4 cm³/mol. The van der Waals surface area contributed by atoms with Crippen LogP contribution in [0, 0.1) is 12.7 Å². The minimum absolute atomic E-state index is 0.210. The zero-order valence-corrected chi connectivity index (χ0v) is 12.1. The van der Waals surface area contributed by atoms with Crippen LogP contribution in [0.4, 0.5) is 10.1 Å². The first-order chi connectivity index (χ1) is 9.47. The summed E-state index contributed by atoms with van der Waals surface area (Å²) in [4.78, 5) is 13.5. The average molecular weight is 279 g/mol. The highest BCUT2D eigenvalue weighted by Crippen LogP contribution is 2.23. The molecule has 2 rings (SSSR count). The number of nitrogens with two attached hydrogens (primary N) is 1. The van der Waals surface area contributed by atoms with Crippen molar-refractivity contribution in [2.24, 2.45) is 5.73 Å². The maximum atomic E-state index is 13.8. The first-order valence-electron chi connectivity index (χ1n) is 7.02. The molecule has 0 bridgehead atoms. The molecule has 20 heavy (non-hydrogen) atoms. The Morgan fingerprint density at radius 1 is 1.40 bits per heavy atom. The molecular formula is C15H22FN3O. The van der Waals surface area contributed by atoms with E-state index in [0.29, 0.717) is 17.3 Å². The maximum Gasteiger partial charge on any atom is 0.248 e. The quantitative estimate of drug-likeness (QED) is 0.891. The van der Waals surface area contributed by atoms with E-state index in [1.807, 2.05) is 0 Å². The number of carbonyl (C=O) groups excluding carboxylic acids is 1. The van der Waals surface area contributed by atoms with Gasteiger partial charge in [0, 0.05) is 22.9 Å². The molecule has 1 aromatic carbocycles. The maximum absolute atomic E-state index is 13.8. The zero-order valence-electron chi connectivity index (χ0n) is 12.1. The summed E-state index contributed by atoms with van der Waals surface area (Å²) in [5.41, 5.74) is 6.66. The van der Waals surface area contributed by atoms with Gasteiger partial charge in [0.05, 0.1) is 0 Å². The Bertz CT molecular complexity index is 504. The Labute approximate surface area is 119 Å². The van der Waals surface area contributed by atoms with Crippen molar-refractivity contribution < 1.29 is 9.18 Å². The molecule has 3 N–H and O–H groups in total. The van der Waals surface area contributed by atoms with Gasteiger partial charge in [0.15, 0.2) is 0 Å². The van der Waals surface area contributed by atoms with Crippen LogP contribution < -0.4 is 11.1 Å². The number of benzene rings is 1. The van der Waals surface area contributed by atoms with E-state index in [-0.39, 0.29) is 5.56 Å². The number of likely N-dealkylation sites (tertiary alicyclic amines) is 1. The minimum Gasteiger partial charge on any atom is -0.382 e. The lowest BCUT2D eigenvalue weighted by molar-refractivity contribution is 0.1000. The van der Waals surface area contributed by atoms with Crippen molar-refractivity contribution in [3.8, 4) is 0 Å². The van der Waals surface area contributed by atoms with Gasteiger partial charge in [-0.3, -0.25) is 4.79 Å². The summed E-state index contributed by atoms with van der Waals surface area (Å²) in [6, 6.07) is 3.15. The predicted octanol–water partition coefficient (Wildman–Crippen LogP) is 2.13. The van der Waals surface area contributed by atoms with Gasteiger partial charge in [-0.15, -0.1) is 0 Å². The summed E-state index contributed by atoms with van der Waals surface area (Å²) < 4.78 is 13.8. The molecular weight excluding hydrogens is 257 g/mol. The van der Waals surface area contributed by atoms with E-state index >= 15 is 0 Å². The van der Waals surface area contributed by atoms with Crippen molar-refractivity contribution >= 4 is 11.6 Å². The lowest BCUT2D eigenvalue weighted by Crippen LogP contribution is -2.23. The highest BCUT2D eigenvalue weighted by molar-refractivity contribution is 5.94. The SMILES string of the molecule is Cc1c(F)cc(C(N)=O)cc1NC1CCCN(C)CC1. The number of primary amides is 1. The largest absolute Gasteiger partial charge is 0.382 e. The molecule has 0 radical (unpaired) electrons. The number of anilines is 1. The summed E-state index contributed by atoms with van der Waals surface area (Å²) in [5, 5.41) is 3.37. The first-order valence-corrected chi connectivity index (χ1v) is 7.02. The van der Waals surface area contributed by atoms with Gasteiger partial charge < -0.3 is 16.0 Å². The standard InChI is InChI=1S/C15H22FN3O/c1-10-13(16)8-11(15(17)20)9-14(10)18-12-4-3-6-19(2)7-5-12/h8-9,12,18H,3-7H2,1-2H3,(H2,17,20). The second-order valence-corrected chi connectivity index (χ2v) is 5.57. The number of hydrogen-bond donors (Lipinski definition) is 2. The van der Waals surface area contributed by atoms with Crippen LogP contribution in [0.2, 0.25) is 0 Å². The zero-order chi connectivity index (χ0) is 14.7. The lowest BCUT2D eigenvalue weighted by Gasteiger charge is -2.20. The van der Waals surface area contributed by atoms with Gasteiger partial charge in [-0.25, -0.2) is 4.39 Å². The van der Waals surface area contributed by atoms with E-state index in [1.165, 1.54) is 6.07 Å². The van der Waals surface area contributed by atoms with Gasteiger partial charge in [0.25, 0.3) is 0 Å². The number of hydrogen-bond acceptors (Lipinski definition) is 3. The molecule has 0 aromatic heterocycles. The Balaban J connectivity index is 2.17. The summed E-state index contributed by atoms with van der Waals surface area (Å²) in [5.74, 6) is -0.998. The van der Waals surface area contributed by atoms with Crippen LogP contribution in [-0.4, -0.2) is 37.0 Å². The summed E-state index contributed by atoms with van der Waals surface area (Å²) in [7, 11) is 2.11. The van der Waals surface area contributed by atoms with E-state index < -0.39 is 11.7 Å². The van der Waals surface area contributed by atoms with Crippen LogP contribution in [0.3, 0.4) is 0 Å². The smallest absolute Gasteiger partial charge is 0.248 e. The number of nitrogens with one attached hydrogen (secondary N) is 1. The van der Waals surface area contributed by atoms with Crippen molar-refractivity contribution in [3.05, 3.63) is 29.1 Å². The van der Waals surface area contributed by atoms with E-state index in [4.69, 9.17) is 5.73 Å². The Morgan fingerprint density at radius 3 is 2.85 bits per heavy atom. The molecule has 1 unspecified atom stereocenters. The molecule has 1 fully saturated rings. The van der Waals surface area contributed by atoms with Crippen molar-refractivity contribution in [2.75, 3.05) is 25.5 Å². The molecule has 110 valence electrons. The fraction of sp³-hybridized carbons (Fsp3) is 0.533. The van der Waals surface area contributed by atoms with Crippen molar-refractivity contribution in [1.82, 2.24) is 4.90 Å². The van der Waals surface area contributed by atoms with Gasteiger partial charge >= 0.3 is 0 Å². The third-order valence-corrected chi connectivity index (χ3v) is 3.94. The molecule has 1 saturated heterocycles. The molecule has 0 spiro atoms. The second kappa shape index (κ2) is 6.22. The topological polar surface area (TPSA) is 58.4 Å².